The normalized spacial score (nSPS) is 18.3. The number of nitrogens with zero attached hydrogens (tertiary/aromatic N) is 4. The van der Waals surface area contributed by atoms with Gasteiger partial charge in [0.2, 0.25) is 0 Å². The zero-order valence-electron chi connectivity index (χ0n) is 34.6. The van der Waals surface area contributed by atoms with Crippen molar-refractivity contribution in [3.63, 3.8) is 0 Å². The standard InChI is InChI=1S/C48H58N4O2/c1-29-22-33(52-31(3)44(30(2)50-52)45-39(47(7,8)9)24-32(46(4,5)6)25-40(45)48(10,11)12)26-36(23-29)54-35-18-19-38-37-16-14-15-17-41(37)51(42(38)27-35)43-28-34(53-13)20-21-49-43/h14-24,26-28,32,40,45H,25H2,1-13H3/t32-,40+,45?/m1/s1. The molecule has 3 aromatic heterocycles. The van der Waals surface area contributed by atoms with Crippen LogP contribution >= 0.6 is 0 Å². The molecule has 0 saturated carbocycles. The van der Waals surface area contributed by atoms with E-state index in [1.165, 1.54) is 17.7 Å². The largest absolute Gasteiger partial charge is 0.497 e. The maximum absolute atomic E-state index is 6.71. The van der Waals surface area contributed by atoms with E-state index in [9.17, 15) is 0 Å². The first-order valence-electron chi connectivity index (χ1n) is 19.5. The van der Waals surface area contributed by atoms with Gasteiger partial charge >= 0.3 is 0 Å². The third-order valence-corrected chi connectivity index (χ3v) is 11.7. The van der Waals surface area contributed by atoms with Crippen LogP contribution in [0.1, 0.15) is 97.2 Å². The van der Waals surface area contributed by atoms with Crippen LogP contribution in [0.5, 0.6) is 17.2 Å². The Morgan fingerprint density at radius 1 is 0.722 bits per heavy atom. The molecule has 3 aromatic carbocycles. The van der Waals surface area contributed by atoms with Crippen molar-refractivity contribution in [2.75, 3.05) is 7.11 Å². The summed E-state index contributed by atoms with van der Waals surface area (Å²) in [4.78, 5) is 4.73. The van der Waals surface area contributed by atoms with E-state index in [1.807, 2.05) is 12.1 Å². The molecule has 6 nitrogen and oxygen atoms in total. The number of para-hydroxylation sites is 1. The van der Waals surface area contributed by atoms with Crippen LogP contribution in [0.4, 0.5) is 0 Å². The van der Waals surface area contributed by atoms with E-state index in [0.717, 1.165) is 61.8 Å². The Kier molecular flexibility index (Phi) is 9.35. The second-order valence-corrected chi connectivity index (χ2v) is 18.7. The summed E-state index contributed by atoms with van der Waals surface area (Å²) in [6.07, 6.45) is 5.59. The summed E-state index contributed by atoms with van der Waals surface area (Å²) in [5.41, 5.74) is 9.78. The van der Waals surface area contributed by atoms with Crippen LogP contribution in [0.25, 0.3) is 33.3 Å². The fraction of sp³-hybridized carbons (Fsp3) is 0.417. The smallest absolute Gasteiger partial charge is 0.141 e. The predicted molar refractivity (Wildman–Crippen MR) is 224 cm³/mol. The molecule has 0 N–H and O–H groups in total. The second-order valence-electron chi connectivity index (χ2n) is 18.7. The van der Waals surface area contributed by atoms with Gasteiger partial charge in [-0.25, -0.2) is 9.67 Å². The molecular formula is C48H58N4O2. The average molecular weight is 723 g/mol. The Bertz CT molecular complexity index is 2390. The van der Waals surface area contributed by atoms with Crippen molar-refractivity contribution < 1.29 is 9.47 Å². The SMILES string of the molecule is COc1ccnc(-n2c3ccccc3c3ccc(Oc4cc(C)cc(-n5nc(C)c(C6C(C(C)(C)C)=C[C@@H](C(C)(C)C)C[C@@H]6C(C)(C)C)c5C)c4)cc32)c1. The van der Waals surface area contributed by atoms with Crippen LogP contribution < -0.4 is 9.47 Å². The molecule has 0 spiro atoms. The minimum Gasteiger partial charge on any atom is -0.497 e. The number of methoxy groups -OCH3 is 1. The molecule has 1 unspecified atom stereocenters. The van der Waals surface area contributed by atoms with Crippen molar-refractivity contribution in [3.05, 3.63) is 113 Å². The molecule has 0 saturated heterocycles. The maximum atomic E-state index is 6.71. The van der Waals surface area contributed by atoms with Crippen molar-refractivity contribution in [1.29, 1.82) is 0 Å². The Labute approximate surface area is 322 Å². The van der Waals surface area contributed by atoms with Crippen molar-refractivity contribution in [2.45, 2.75) is 95.4 Å². The Morgan fingerprint density at radius 2 is 1.44 bits per heavy atom. The number of fused-ring (bicyclic) bond motifs is 3. The lowest BCUT2D eigenvalue weighted by molar-refractivity contribution is 0.120. The number of hydrogen-bond donors (Lipinski definition) is 0. The minimum atomic E-state index is 0.0266. The highest BCUT2D eigenvalue weighted by atomic mass is 16.5. The molecule has 0 fully saturated rings. The fourth-order valence-corrected chi connectivity index (χ4v) is 8.86. The molecule has 3 atom stereocenters. The van der Waals surface area contributed by atoms with Gasteiger partial charge in [0.15, 0.2) is 0 Å². The molecule has 7 rings (SSSR count). The summed E-state index contributed by atoms with van der Waals surface area (Å²) in [6, 6.07) is 25.0. The number of hydrogen-bond acceptors (Lipinski definition) is 4. The Balaban J connectivity index is 1.30. The van der Waals surface area contributed by atoms with Crippen molar-refractivity contribution >= 4 is 21.8 Å². The first-order valence-corrected chi connectivity index (χ1v) is 19.5. The summed E-state index contributed by atoms with van der Waals surface area (Å²) in [6.45, 7) is 28.2. The van der Waals surface area contributed by atoms with Gasteiger partial charge in [-0.3, -0.25) is 4.57 Å². The highest BCUT2D eigenvalue weighted by Gasteiger charge is 2.46. The minimum absolute atomic E-state index is 0.0266. The number of ether oxygens (including phenoxy) is 2. The molecule has 6 heteroatoms. The van der Waals surface area contributed by atoms with Crippen LogP contribution in [-0.4, -0.2) is 26.4 Å². The van der Waals surface area contributed by atoms with Gasteiger partial charge in [-0.2, -0.15) is 5.10 Å². The van der Waals surface area contributed by atoms with E-state index < -0.39 is 0 Å². The number of benzene rings is 3. The highest BCUT2D eigenvalue weighted by molar-refractivity contribution is 6.09. The Morgan fingerprint density at radius 3 is 2.13 bits per heavy atom. The highest BCUT2D eigenvalue weighted by Crippen LogP contribution is 2.57. The van der Waals surface area contributed by atoms with Gasteiger partial charge in [-0.15, -0.1) is 0 Å². The third kappa shape index (κ3) is 6.85. The Hall–Kier alpha value is -4.84. The quantitative estimate of drug-likeness (QED) is 0.161. The van der Waals surface area contributed by atoms with E-state index in [1.54, 1.807) is 18.9 Å². The van der Waals surface area contributed by atoms with E-state index in [-0.39, 0.29) is 22.2 Å². The number of aryl methyl sites for hydroxylation is 2. The fourth-order valence-electron chi connectivity index (χ4n) is 8.86. The number of pyridine rings is 1. The van der Waals surface area contributed by atoms with Gasteiger partial charge in [0.1, 0.15) is 23.1 Å². The molecule has 3 heterocycles. The van der Waals surface area contributed by atoms with Gasteiger partial charge in [0, 0.05) is 52.3 Å². The summed E-state index contributed by atoms with van der Waals surface area (Å²) in [7, 11) is 1.68. The zero-order chi connectivity index (χ0) is 38.9. The number of allylic oxidation sites excluding steroid dienone is 2. The molecule has 0 aliphatic heterocycles. The number of aromatic nitrogens is 4. The molecule has 282 valence electrons. The molecule has 0 bridgehead atoms. The van der Waals surface area contributed by atoms with Crippen LogP contribution in [0.2, 0.25) is 0 Å². The monoisotopic (exact) mass is 722 g/mol. The number of rotatable bonds is 6. The molecule has 6 aromatic rings. The average Bonchev–Trinajstić information content (AvgIpc) is 3.58. The summed E-state index contributed by atoms with van der Waals surface area (Å²) in [5.74, 6) is 4.36. The van der Waals surface area contributed by atoms with Crippen LogP contribution in [0, 0.1) is 48.9 Å². The van der Waals surface area contributed by atoms with Gasteiger partial charge in [-0.05, 0) is 97.2 Å². The topological polar surface area (TPSA) is 54.1 Å². The summed E-state index contributed by atoms with van der Waals surface area (Å²) >= 11 is 0. The van der Waals surface area contributed by atoms with Crippen LogP contribution in [0.15, 0.2) is 90.6 Å². The van der Waals surface area contributed by atoms with Gasteiger partial charge in [0.05, 0.1) is 29.5 Å². The second kappa shape index (κ2) is 13.5. The van der Waals surface area contributed by atoms with Crippen molar-refractivity contribution in [3.8, 4) is 28.8 Å². The van der Waals surface area contributed by atoms with E-state index in [2.05, 4.69) is 159 Å². The van der Waals surface area contributed by atoms with Crippen molar-refractivity contribution in [1.82, 2.24) is 19.3 Å². The predicted octanol–water partition coefficient (Wildman–Crippen LogP) is 12.9. The zero-order valence-corrected chi connectivity index (χ0v) is 34.6. The van der Waals surface area contributed by atoms with E-state index >= 15 is 0 Å². The van der Waals surface area contributed by atoms with Crippen LogP contribution in [-0.2, 0) is 0 Å². The lowest BCUT2D eigenvalue weighted by Crippen LogP contribution is -2.39. The third-order valence-electron chi connectivity index (χ3n) is 11.7. The molecular weight excluding hydrogens is 665 g/mol. The van der Waals surface area contributed by atoms with E-state index in [0.29, 0.717) is 11.8 Å². The molecule has 1 aliphatic carbocycles. The van der Waals surface area contributed by atoms with Crippen LogP contribution in [0.3, 0.4) is 0 Å². The van der Waals surface area contributed by atoms with E-state index in [4.69, 9.17) is 19.6 Å². The molecule has 0 amide bonds. The van der Waals surface area contributed by atoms with Crippen molar-refractivity contribution in [2.24, 2.45) is 28.1 Å². The summed E-state index contributed by atoms with van der Waals surface area (Å²) < 4.78 is 16.6. The van der Waals surface area contributed by atoms with Gasteiger partial charge in [0.25, 0.3) is 0 Å². The maximum Gasteiger partial charge on any atom is 0.141 e. The van der Waals surface area contributed by atoms with Gasteiger partial charge in [-0.1, -0.05) is 92.2 Å². The molecule has 0 radical (unpaired) electrons. The van der Waals surface area contributed by atoms with Gasteiger partial charge < -0.3 is 9.47 Å². The first kappa shape index (κ1) is 37.5. The summed E-state index contributed by atoms with van der Waals surface area (Å²) in [5, 5.41) is 7.58. The first-order chi connectivity index (χ1) is 25.3. The molecule has 1 aliphatic rings. The lowest BCUT2D eigenvalue weighted by Gasteiger charge is -2.49. The molecule has 54 heavy (non-hydrogen) atoms. The lowest BCUT2D eigenvalue weighted by atomic mass is 9.55.